The second kappa shape index (κ2) is 6.35. The summed E-state index contributed by atoms with van der Waals surface area (Å²) in [6.07, 6.45) is -2.28. The maximum Gasteiger partial charge on any atom is 0.418 e. The van der Waals surface area contributed by atoms with Crippen LogP contribution in [-0.4, -0.2) is 26.7 Å². The predicted octanol–water partition coefficient (Wildman–Crippen LogP) is 3.13. The number of nitrogens with one attached hydrogen (secondary N) is 2. The Labute approximate surface area is 116 Å². The van der Waals surface area contributed by atoms with E-state index in [9.17, 15) is 13.2 Å². The first-order valence-corrected chi connectivity index (χ1v) is 6.70. The predicted molar refractivity (Wildman–Crippen MR) is 72.1 cm³/mol. The van der Waals surface area contributed by atoms with Crippen LogP contribution in [0.25, 0.3) is 0 Å². The molecule has 1 heterocycles. The largest absolute Gasteiger partial charge is 0.497 e. The van der Waals surface area contributed by atoms with Crippen LogP contribution in [0.5, 0.6) is 5.75 Å². The van der Waals surface area contributed by atoms with Gasteiger partial charge in [0.05, 0.1) is 12.7 Å². The molecule has 1 aliphatic rings. The Bertz CT molecular complexity index is 443. The van der Waals surface area contributed by atoms with Gasteiger partial charge in [0.15, 0.2) is 0 Å². The summed E-state index contributed by atoms with van der Waals surface area (Å²) < 4.78 is 43.9. The molecule has 0 saturated carbocycles. The molecule has 1 saturated heterocycles. The van der Waals surface area contributed by atoms with E-state index in [-0.39, 0.29) is 11.4 Å². The van der Waals surface area contributed by atoms with Crippen molar-refractivity contribution in [3.8, 4) is 5.75 Å². The normalized spacial score (nSPS) is 19.7. The van der Waals surface area contributed by atoms with E-state index < -0.39 is 11.7 Å². The van der Waals surface area contributed by atoms with Crippen LogP contribution in [0, 0.1) is 5.92 Å². The van der Waals surface area contributed by atoms with Gasteiger partial charge in [-0.05, 0) is 50.0 Å². The standard InChI is InChI=1S/C14H19F3N2O/c1-20-11-4-5-13(12(7-11)14(15,16)17)19-9-10-3-2-6-18-8-10/h4-5,7,10,18-19H,2-3,6,8-9H2,1H3. The van der Waals surface area contributed by atoms with Gasteiger partial charge < -0.3 is 15.4 Å². The van der Waals surface area contributed by atoms with Crippen molar-refractivity contribution in [3.05, 3.63) is 23.8 Å². The zero-order valence-corrected chi connectivity index (χ0v) is 11.4. The molecule has 0 aromatic heterocycles. The fraction of sp³-hybridized carbons (Fsp3) is 0.571. The summed E-state index contributed by atoms with van der Waals surface area (Å²) in [4.78, 5) is 0. The first-order valence-electron chi connectivity index (χ1n) is 6.70. The monoisotopic (exact) mass is 288 g/mol. The molecule has 2 N–H and O–H groups in total. The summed E-state index contributed by atoms with van der Waals surface area (Å²) >= 11 is 0. The average Bonchev–Trinajstić information content (AvgIpc) is 2.45. The summed E-state index contributed by atoms with van der Waals surface area (Å²) in [6, 6.07) is 4.00. The van der Waals surface area contributed by atoms with Crippen molar-refractivity contribution in [2.75, 3.05) is 32.1 Å². The molecule has 1 unspecified atom stereocenters. The Kier molecular flexibility index (Phi) is 4.75. The first-order chi connectivity index (χ1) is 9.50. The second-order valence-corrected chi connectivity index (χ2v) is 5.00. The van der Waals surface area contributed by atoms with Gasteiger partial charge in [0.1, 0.15) is 5.75 Å². The molecule has 1 atom stereocenters. The highest BCUT2D eigenvalue weighted by atomic mass is 19.4. The zero-order chi connectivity index (χ0) is 14.6. The average molecular weight is 288 g/mol. The van der Waals surface area contributed by atoms with E-state index in [1.165, 1.54) is 19.2 Å². The Balaban J connectivity index is 2.09. The third-order valence-electron chi connectivity index (χ3n) is 3.51. The molecule has 1 fully saturated rings. The van der Waals surface area contributed by atoms with Crippen LogP contribution in [-0.2, 0) is 6.18 Å². The summed E-state index contributed by atoms with van der Waals surface area (Å²) in [5.74, 6) is 0.578. The van der Waals surface area contributed by atoms with E-state index in [0.29, 0.717) is 12.5 Å². The molecule has 1 aliphatic heterocycles. The molecule has 2 rings (SSSR count). The van der Waals surface area contributed by atoms with Crippen LogP contribution in [0.1, 0.15) is 18.4 Å². The van der Waals surface area contributed by atoms with Gasteiger partial charge in [-0.3, -0.25) is 0 Å². The third-order valence-corrected chi connectivity index (χ3v) is 3.51. The van der Waals surface area contributed by atoms with E-state index in [2.05, 4.69) is 10.6 Å². The summed E-state index contributed by atoms with van der Waals surface area (Å²) in [6.45, 7) is 2.39. The smallest absolute Gasteiger partial charge is 0.418 e. The Morgan fingerprint density at radius 3 is 2.80 bits per heavy atom. The number of anilines is 1. The first kappa shape index (κ1) is 15.0. The fourth-order valence-electron chi connectivity index (χ4n) is 2.39. The van der Waals surface area contributed by atoms with Gasteiger partial charge in [0, 0.05) is 12.2 Å². The van der Waals surface area contributed by atoms with Gasteiger partial charge in [-0.25, -0.2) is 0 Å². The van der Waals surface area contributed by atoms with Gasteiger partial charge in [-0.2, -0.15) is 13.2 Å². The Morgan fingerprint density at radius 1 is 1.40 bits per heavy atom. The zero-order valence-electron chi connectivity index (χ0n) is 11.4. The van der Waals surface area contributed by atoms with E-state index in [1.54, 1.807) is 0 Å². The van der Waals surface area contributed by atoms with E-state index >= 15 is 0 Å². The van der Waals surface area contributed by atoms with Crippen LogP contribution < -0.4 is 15.4 Å². The highest BCUT2D eigenvalue weighted by Crippen LogP contribution is 2.37. The maximum atomic E-state index is 13.0. The third kappa shape index (κ3) is 3.79. The van der Waals surface area contributed by atoms with Gasteiger partial charge >= 0.3 is 6.18 Å². The summed E-state index contributed by atoms with van der Waals surface area (Å²) in [5.41, 5.74) is -0.565. The minimum absolute atomic E-state index is 0.115. The lowest BCUT2D eigenvalue weighted by Gasteiger charge is -2.24. The van der Waals surface area contributed by atoms with Crippen LogP contribution in [0.4, 0.5) is 18.9 Å². The summed E-state index contributed by atoms with van der Waals surface area (Å²) in [5, 5.41) is 6.18. The maximum absolute atomic E-state index is 13.0. The van der Waals surface area contributed by atoms with Gasteiger partial charge in [0.2, 0.25) is 0 Å². The van der Waals surface area contributed by atoms with Gasteiger partial charge in [-0.15, -0.1) is 0 Å². The van der Waals surface area contributed by atoms with Crippen LogP contribution in [0.15, 0.2) is 18.2 Å². The molecular weight excluding hydrogens is 269 g/mol. The highest BCUT2D eigenvalue weighted by molar-refractivity contribution is 5.55. The summed E-state index contributed by atoms with van der Waals surface area (Å²) in [7, 11) is 1.36. The number of hydrogen-bond acceptors (Lipinski definition) is 3. The fourth-order valence-corrected chi connectivity index (χ4v) is 2.39. The molecule has 0 radical (unpaired) electrons. The Hall–Kier alpha value is -1.43. The minimum atomic E-state index is -4.39. The topological polar surface area (TPSA) is 33.3 Å². The molecule has 112 valence electrons. The lowest BCUT2D eigenvalue weighted by Crippen LogP contribution is -2.33. The molecule has 0 spiro atoms. The second-order valence-electron chi connectivity index (χ2n) is 5.00. The molecular formula is C14H19F3N2O. The van der Waals surface area contributed by atoms with E-state index in [4.69, 9.17) is 4.74 Å². The molecule has 0 amide bonds. The van der Waals surface area contributed by atoms with Crippen LogP contribution in [0.3, 0.4) is 0 Å². The number of piperidine rings is 1. The molecule has 1 aromatic rings. The van der Waals surface area contributed by atoms with Crippen molar-refractivity contribution < 1.29 is 17.9 Å². The highest BCUT2D eigenvalue weighted by Gasteiger charge is 2.34. The number of halogens is 3. The van der Waals surface area contributed by atoms with Crippen molar-refractivity contribution in [1.29, 1.82) is 0 Å². The quantitative estimate of drug-likeness (QED) is 0.893. The lowest BCUT2D eigenvalue weighted by atomic mass is 9.99. The van der Waals surface area contributed by atoms with Crippen molar-refractivity contribution in [3.63, 3.8) is 0 Å². The van der Waals surface area contributed by atoms with Crippen molar-refractivity contribution in [2.24, 2.45) is 5.92 Å². The van der Waals surface area contributed by atoms with Crippen molar-refractivity contribution in [2.45, 2.75) is 19.0 Å². The number of hydrogen-bond donors (Lipinski definition) is 2. The molecule has 6 heteroatoms. The van der Waals surface area contributed by atoms with Gasteiger partial charge in [0.25, 0.3) is 0 Å². The number of ether oxygens (including phenoxy) is 1. The number of alkyl halides is 3. The number of benzene rings is 1. The molecule has 1 aromatic carbocycles. The van der Waals surface area contributed by atoms with Gasteiger partial charge in [-0.1, -0.05) is 0 Å². The molecule has 0 aliphatic carbocycles. The van der Waals surface area contributed by atoms with Crippen LogP contribution >= 0.6 is 0 Å². The molecule has 20 heavy (non-hydrogen) atoms. The SMILES string of the molecule is COc1ccc(NCC2CCCNC2)c(C(F)(F)F)c1. The molecule has 3 nitrogen and oxygen atoms in total. The minimum Gasteiger partial charge on any atom is -0.497 e. The van der Waals surface area contributed by atoms with E-state index in [1.807, 2.05) is 0 Å². The van der Waals surface area contributed by atoms with Crippen molar-refractivity contribution in [1.82, 2.24) is 5.32 Å². The van der Waals surface area contributed by atoms with Crippen molar-refractivity contribution >= 4 is 5.69 Å². The van der Waals surface area contributed by atoms with E-state index in [0.717, 1.165) is 32.0 Å². The lowest BCUT2D eigenvalue weighted by molar-refractivity contribution is -0.137. The number of rotatable bonds is 4. The molecule has 0 bridgehead atoms. The number of methoxy groups -OCH3 is 1. The Morgan fingerprint density at radius 2 is 2.20 bits per heavy atom. The van der Waals surface area contributed by atoms with Crippen LogP contribution in [0.2, 0.25) is 0 Å².